The van der Waals surface area contributed by atoms with Crippen LogP contribution < -0.4 is 16.2 Å². The molecular weight excluding hydrogens is 213 g/mol. The summed E-state index contributed by atoms with van der Waals surface area (Å²) in [5, 5.41) is 6.15. The SMILES string of the molecule is Bc1cccc(NC(=O)[C@@H]2C[C@@H](C)[C@@H](C)N2)n1. The molecule has 2 N–H and O–H groups in total. The summed E-state index contributed by atoms with van der Waals surface area (Å²) in [6.07, 6.45) is 0.888. The fourth-order valence-corrected chi connectivity index (χ4v) is 2.13. The van der Waals surface area contributed by atoms with Crippen molar-refractivity contribution in [1.82, 2.24) is 10.3 Å². The highest BCUT2D eigenvalue weighted by molar-refractivity contribution is 6.30. The molecule has 2 rings (SSSR count). The monoisotopic (exact) mass is 231 g/mol. The number of amides is 1. The van der Waals surface area contributed by atoms with Crippen LogP contribution in [0.3, 0.4) is 0 Å². The minimum absolute atomic E-state index is 0.0132. The van der Waals surface area contributed by atoms with Gasteiger partial charge in [0.05, 0.1) is 6.04 Å². The number of anilines is 1. The van der Waals surface area contributed by atoms with Gasteiger partial charge in [0.15, 0.2) is 7.85 Å². The molecule has 0 unspecified atom stereocenters. The molecule has 1 aromatic rings. The van der Waals surface area contributed by atoms with Gasteiger partial charge in [-0.1, -0.05) is 19.1 Å². The van der Waals surface area contributed by atoms with Crippen LogP contribution in [0.5, 0.6) is 0 Å². The maximum absolute atomic E-state index is 12.0. The van der Waals surface area contributed by atoms with Gasteiger partial charge in [0, 0.05) is 6.04 Å². The molecule has 17 heavy (non-hydrogen) atoms. The Morgan fingerprint density at radius 2 is 2.29 bits per heavy atom. The molecule has 1 aliphatic rings. The first-order chi connectivity index (χ1) is 8.06. The number of hydrogen-bond donors (Lipinski definition) is 2. The van der Waals surface area contributed by atoms with Crippen molar-refractivity contribution in [1.29, 1.82) is 0 Å². The minimum Gasteiger partial charge on any atom is -0.309 e. The molecule has 1 amide bonds. The summed E-state index contributed by atoms with van der Waals surface area (Å²) in [6.45, 7) is 4.28. The average molecular weight is 231 g/mol. The minimum atomic E-state index is -0.0951. The van der Waals surface area contributed by atoms with Gasteiger partial charge in [0.1, 0.15) is 5.82 Å². The van der Waals surface area contributed by atoms with E-state index in [1.165, 1.54) is 0 Å². The average Bonchev–Trinajstić information content (AvgIpc) is 2.59. The van der Waals surface area contributed by atoms with Crippen molar-refractivity contribution in [2.45, 2.75) is 32.4 Å². The highest BCUT2D eigenvalue weighted by Gasteiger charge is 2.32. The number of rotatable bonds is 2. The van der Waals surface area contributed by atoms with Gasteiger partial charge in [-0.15, -0.1) is 0 Å². The standard InChI is InChI=1S/C12H18BN3O/c1-7-6-9(14-8(7)2)12(17)16-11-5-3-4-10(13)15-11/h3-5,7-9,14H,6,13H2,1-2H3,(H,15,16,17)/t7-,8-,9+/m1/s1. The zero-order valence-corrected chi connectivity index (χ0v) is 10.5. The topological polar surface area (TPSA) is 54.0 Å². The van der Waals surface area contributed by atoms with E-state index in [1.54, 1.807) is 0 Å². The molecule has 1 aliphatic heterocycles. The predicted octanol–water partition coefficient (Wildman–Crippen LogP) is -0.335. The molecule has 0 aliphatic carbocycles. The number of nitrogens with zero attached hydrogens (tertiary/aromatic N) is 1. The van der Waals surface area contributed by atoms with Crippen LogP contribution in [0.2, 0.25) is 0 Å². The van der Waals surface area contributed by atoms with Crippen molar-refractivity contribution in [3.05, 3.63) is 18.2 Å². The number of pyridine rings is 1. The van der Waals surface area contributed by atoms with Crippen molar-refractivity contribution >= 4 is 25.2 Å². The highest BCUT2D eigenvalue weighted by Crippen LogP contribution is 2.20. The second-order valence-electron chi connectivity index (χ2n) is 4.87. The molecule has 0 bridgehead atoms. The smallest absolute Gasteiger partial charge is 0.242 e. The first kappa shape index (κ1) is 12.1. The van der Waals surface area contributed by atoms with E-state index in [0.717, 1.165) is 12.0 Å². The third-order valence-corrected chi connectivity index (χ3v) is 3.38. The van der Waals surface area contributed by atoms with Crippen LogP contribution in [0.25, 0.3) is 0 Å². The van der Waals surface area contributed by atoms with Crippen LogP contribution >= 0.6 is 0 Å². The quantitative estimate of drug-likeness (QED) is 0.685. The Hall–Kier alpha value is -1.36. The molecule has 1 saturated heterocycles. The van der Waals surface area contributed by atoms with E-state index in [4.69, 9.17) is 0 Å². The van der Waals surface area contributed by atoms with Gasteiger partial charge in [-0.3, -0.25) is 4.79 Å². The third-order valence-electron chi connectivity index (χ3n) is 3.38. The fraction of sp³-hybridized carbons (Fsp3) is 0.500. The lowest BCUT2D eigenvalue weighted by Crippen LogP contribution is -2.38. The Bertz CT molecular complexity index is 414. The Labute approximate surface area is 103 Å². The van der Waals surface area contributed by atoms with Gasteiger partial charge < -0.3 is 10.6 Å². The lowest BCUT2D eigenvalue weighted by Gasteiger charge is -2.11. The summed E-state index contributed by atoms with van der Waals surface area (Å²) in [6, 6.07) is 5.92. The van der Waals surface area contributed by atoms with Gasteiger partial charge in [-0.2, -0.15) is 0 Å². The van der Waals surface area contributed by atoms with E-state index in [0.29, 0.717) is 17.8 Å². The third kappa shape index (κ3) is 2.85. The Morgan fingerprint density at radius 1 is 1.53 bits per heavy atom. The van der Waals surface area contributed by atoms with Crippen LogP contribution in [-0.4, -0.2) is 30.8 Å². The first-order valence-corrected chi connectivity index (χ1v) is 6.07. The fourth-order valence-electron chi connectivity index (χ4n) is 2.13. The molecule has 0 saturated carbocycles. The van der Waals surface area contributed by atoms with E-state index in [2.05, 4.69) is 29.5 Å². The molecular formula is C12H18BN3O. The Kier molecular flexibility index (Phi) is 3.47. The highest BCUT2D eigenvalue weighted by atomic mass is 16.2. The van der Waals surface area contributed by atoms with Crippen LogP contribution in [0.15, 0.2) is 18.2 Å². The summed E-state index contributed by atoms with van der Waals surface area (Å²) in [5.74, 6) is 1.18. The van der Waals surface area contributed by atoms with E-state index in [9.17, 15) is 4.79 Å². The van der Waals surface area contributed by atoms with E-state index < -0.39 is 0 Å². The molecule has 2 heterocycles. The molecule has 3 atom stereocenters. The van der Waals surface area contributed by atoms with Crippen LogP contribution in [0, 0.1) is 5.92 Å². The lowest BCUT2D eigenvalue weighted by atomic mass is 10.0. The van der Waals surface area contributed by atoms with E-state index in [1.807, 2.05) is 26.0 Å². The van der Waals surface area contributed by atoms with Gasteiger partial charge in [0.2, 0.25) is 5.91 Å². The number of aromatic nitrogens is 1. The number of carbonyl (C=O) groups is 1. The second kappa shape index (κ2) is 4.88. The predicted molar refractivity (Wildman–Crippen MR) is 71.2 cm³/mol. The van der Waals surface area contributed by atoms with Crippen molar-refractivity contribution < 1.29 is 4.79 Å². The van der Waals surface area contributed by atoms with E-state index >= 15 is 0 Å². The number of carbonyl (C=O) groups excluding carboxylic acids is 1. The van der Waals surface area contributed by atoms with Crippen molar-refractivity contribution in [3.63, 3.8) is 0 Å². The molecule has 0 spiro atoms. The lowest BCUT2D eigenvalue weighted by molar-refractivity contribution is -0.117. The van der Waals surface area contributed by atoms with Crippen LogP contribution in [0.1, 0.15) is 20.3 Å². The molecule has 5 heteroatoms. The van der Waals surface area contributed by atoms with Gasteiger partial charge in [0.25, 0.3) is 0 Å². The summed E-state index contributed by atoms with van der Waals surface area (Å²) in [4.78, 5) is 16.3. The van der Waals surface area contributed by atoms with Gasteiger partial charge in [-0.25, -0.2) is 4.98 Å². The summed E-state index contributed by atoms with van der Waals surface area (Å²) in [7, 11) is 1.91. The Balaban J connectivity index is 1.98. The van der Waals surface area contributed by atoms with Crippen LogP contribution in [-0.2, 0) is 4.79 Å². The van der Waals surface area contributed by atoms with E-state index in [-0.39, 0.29) is 11.9 Å². The van der Waals surface area contributed by atoms with Crippen LogP contribution in [0.4, 0.5) is 5.82 Å². The maximum atomic E-state index is 12.0. The summed E-state index contributed by atoms with van der Waals surface area (Å²) in [5.41, 5.74) is 0.906. The van der Waals surface area contributed by atoms with Crippen molar-refractivity contribution in [3.8, 4) is 0 Å². The second-order valence-corrected chi connectivity index (χ2v) is 4.87. The zero-order chi connectivity index (χ0) is 12.4. The largest absolute Gasteiger partial charge is 0.309 e. The Morgan fingerprint density at radius 3 is 2.88 bits per heavy atom. The van der Waals surface area contributed by atoms with Gasteiger partial charge >= 0.3 is 0 Å². The summed E-state index contributed by atoms with van der Waals surface area (Å²) < 4.78 is 0. The molecule has 0 radical (unpaired) electrons. The van der Waals surface area contributed by atoms with Crippen molar-refractivity contribution in [2.24, 2.45) is 5.92 Å². The summed E-state index contributed by atoms with van der Waals surface area (Å²) >= 11 is 0. The molecule has 1 fully saturated rings. The molecule has 4 nitrogen and oxygen atoms in total. The van der Waals surface area contributed by atoms with Gasteiger partial charge in [-0.05, 0) is 30.9 Å². The van der Waals surface area contributed by atoms with Crippen molar-refractivity contribution in [2.75, 3.05) is 5.32 Å². The maximum Gasteiger partial charge on any atom is 0.242 e. The zero-order valence-electron chi connectivity index (χ0n) is 10.5. The molecule has 1 aromatic heterocycles. The number of nitrogens with one attached hydrogen (secondary N) is 2. The normalized spacial score (nSPS) is 28.0. The molecule has 90 valence electrons. The number of hydrogen-bond acceptors (Lipinski definition) is 3. The first-order valence-electron chi connectivity index (χ1n) is 6.07. The molecule has 0 aromatic carbocycles.